The molecule has 2 aromatic rings. The van der Waals surface area contributed by atoms with E-state index >= 15 is 0 Å². The molecule has 1 saturated heterocycles. The Morgan fingerprint density at radius 3 is 3.00 bits per heavy atom. The Labute approximate surface area is 151 Å². The van der Waals surface area contributed by atoms with Gasteiger partial charge in [-0.2, -0.15) is 4.68 Å². The highest BCUT2D eigenvalue weighted by atomic mass is 32.2. The van der Waals surface area contributed by atoms with Gasteiger partial charge in [-0.1, -0.05) is 36.4 Å². The van der Waals surface area contributed by atoms with Crippen LogP contribution >= 0.6 is 11.8 Å². The minimum absolute atomic E-state index is 0.0990. The Morgan fingerprint density at radius 2 is 2.24 bits per heavy atom. The van der Waals surface area contributed by atoms with Gasteiger partial charge in [-0.05, 0) is 42.3 Å². The van der Waals surface area contributed by atoms with E-state index in [1.54, 1.807) is 4.68 Å². The Balaban J connectivity index is 1.66. The van der Waals surface area contributed by atoms with Crippen LogP contribution in [0.25, 0.3) is 5.69 Å². The molecule has 1 aliphatic heterocycles. The molecule has 8 heteroatoms. The zero-order valence-corrected chi connectivity index (χ0v) is 15.6. The summed E-state index contributed by atoms with van der Waals surface area (Å²) in [6, 6.07) is 6.12. The van der Waals surface area contributed by atoms with Gasteiger partial charge in [0.1, 0.15) is 0 Å². The maximum Gasteiger partial charge on any atom is 0.233 e. The highest BCUT2D eigenvalue weighted by Gasteiger charge is 2.23. The summed E-state index contributed by atoms with van der Waals surface area (Å²) in [4.78, 5) is 14.4. The Hall–Kier alpha value is -1.93. The summed E-state index contributed by atoms with van der Waals surface area (Å²) in [6.07, 6.45) is 1.06. The summed E-state index contributed by atoms with van der Waals surface area (Å²) in [5.41, 5.74) is 3.22. The first kappa shape index (κ1) is 17.9. The molecule has 1 atom stereocenters. The van der Waals surface area contributed by atoms with Crippen molar-refractivity contribution in [1.82, 2.24) is 25.1 Å². The van der Waals surface area contributed by atoms with Gasteiger partial charge in [-0.3, -0.25) is 4.79 Å². The monoisotopic (exact) mass is 361 g/mol. The molecule has 1 aliphatic rings. The highest BCUT2D eigenvalue weighted by Crippen LogP contribution is 2.22. The molecule has 0 N–H and O–H groups in total. The lowest BCUT2D eigenvalue weighted by molar-refractivity contribution is -0.135. The number of carbonyl (C=O) groups is 1. The zero-order chi connectivity index (χ0) is 17.8. The van der Waals surface area contributed by atoms with Gasteiger partial charge < -0.3 is 9.64 Å². The summed E-state index contributed by atoms with van der Waals surface area (Å²) in [5.74, 6) is 0.420. The average molecular weight is 361 g/mol. The van der Waals surface area contributed by atoms with Crippen molar-refractivity contribution in [2.75, 3.05) is 25.4 Å². The topological polar surface area (TPSA) is 73.1 Å². The molecule has 1 amide bonds. The van der Waals surface area contributed by atoms with E-state index in [4.69, 9.17) is 4.74 Å². The number of aromatic nitrogens is 4. The fourth-order valence-corrected chi connectivity index (χ4v) is 3.66. The van der Waals surface area contributed by atoms with Crippen molar-refractivity contribution in [2.24, 2.45) is 0 Å². The van der Waals surface area contributed by atoms with Crippen LogP contribution < -0.4 is 0 Å². The van der Waals surface area contributed by atoms with E-state index in [0.717, 1.165) is 17.7 Å². The van der Waals surface area contributed by atoms with Crippen molar-refractivity contribution in [3.63, 3.8) is 0 Å². The second kappa shape index (κ2) is 7.97. The first-order chi connectivity index (χ1) is 12.1. The van der Waals surface area contributed by atoms with E-state index in [9.17, 15) is 4.79 Å². The summed E-state index contributed by atoms with van der Waals surface area (Å²) in [7, 11) is 0. The number of nitrogens with zero attached hydrogens (tertiary/aromatic N) is 5. The van der Waals surface area contributed by atoms with E-state index in [2.05, 4.69) is 35.4 Å². The molecule has 7 nitrogen and oxygen atoms in total. The van der Waals surface area contributed by atoms with E-state index in [-0.39, 0.29) is 12.0 Å². The van der Waals surface area contributed by atoms with Gasteiger partial charge >= 0.3 is 0 Å². The van der Waals surface area contributed by atoms with Crippen molar-refractivity contribution in [3.8, 4) is 5.69 Å². The summed E-state index contributed by atoms with van der Waals surface area (Å²) >= 11 is 1.37. The summed E-state index contributed by atoms with van der Waals surface area (Å²) in [5, 5.41) is 12.6. The van der Waals surface area contributed by atoms with Gasteiger partial charge in [0.05, 0.1) is 24.2 Å². The predicted octanol–water partition coefficient (Wildman–Crippen LogP) is 2.01. The van der Waals surface area contributed by atoms with Gasteiger partial charge in [-0.15, -0.1) is 5.10 Å². The van der Waals surface area contributed by atoms with Crippen LogP contribution in [0.3, 0.4) is 0 Å². The van der Waals surface area contributed by atoms with E-state index < -0.39 is 0 Å². The van der Waals surface area contributed by atoms with Gasteiger partial charge in [0.25, 0.3) is 0 Å². The van der Waals surface area contributed by atoms with Crippen molar-refractivity contribution < 1.29 is 9.53 Å². The number of hydrogen-bond donors (Lipinski definition) is 0. The Kier molecular flexibility index (Phi) is 5.70. The van der Waals surface area contributed by atoms with Crippen LogP contribution in [0.5, 0.6) is 0 Å². The molecule has 0 saturated carbocycles. The quantitative estimate of drug-likeness (QED) is 0.759. The smallest absolute Gasteiger partial charge is 0.233 e. The number of ether oxygens (including phenoxy) is 1. The van der Waals surface area contributed by atoms with E-state index in [0.29, 0.717) is 30.6 Å². The van der Waals surface area contributed by atoms with Crippen LogP contribution in [0, 0.1) is 13.8 Å². The maximum absolute atomic E-state index is 12.5. The third-order valence-electron chi connectivity index (χ3n) is 4.29. The third kappa shape index (κ3) is 4.19. The number of amides is 1. The fraction of sp³-hybridized carbons (Fsp3) is 0.529. The molecule has 0 bridgehead atoms. The lowest BCUT2D eigenvalue weighted by Gasteiger charge is -2.32. The molecular weight excluding hydrogens is 338 g/mol. The molecule has 3 rings (SSSR count). The molecule has 1 aromatic heterocycles. The normalized spacial score (nSPS) is 17.7. The summed E-state index contributed by atoms with van der Waals surface area (Å²) < 4.78 is 7.32. The lowest BCUT2D eigenvalue weighted by Crippen LogP contribution is -2.46. The molecule has 0 radical (unpaired) electrons. The maximum atomic E-state index is 12.5. The van der Waals surface area contributed by atoms with E-state index in [1.165, 1.54) is 17.3 Å². The number of thioether (sulfide) groups is 1. The SMILES string of the molecule is CC[C@@H]1CN(C(=O)CSc2nnnn2-c2ccc(C)cc2C)CCO1. The molecule has 0 aliphatic carbocycles. The van der Waals surface area contributed by atoms with Gasteiger partial charge in [0.2, 0.25) is 11.1 Å². The van der Waals surface area contributed by atoms with Crippen LogP contribution in [0.15, 0.2) is 23.4 Å². The number of benzene rings is 1. The fourth-order valence-electron chi connectivity index (χ4n) is 2.87. The molecule has 0 unspecified atom stereocenters. The van der Waals surface area contributed by atoms with Crippen molar-refractivity contribution >= 4 is 17.7 Å². The van der Waals surface area contributed by atoms with Crippen molar-refractivity contribution in [1.29, 1.82) is 0 Å². The molecule has 0 spiro atoms. The van der Waals surface area contributed by atoms with Gasteiger partial charge in [0.15, 0.2) is 0 Å². The Bertz CT molecular complexity index is 748. The molecule has 1 fully saturated rings. The second-order valence-corrected chi connectivity index (χ2v) is 7.14. The number of rotatable bonds is 5. The number of aryl methyl sites for hydroxylation is 2. The molecular formula is C17H23N5O2S. The van der Waals surface area contributed by atoms with Crippen LogP contribution in [0.1, 0.15) is 24.5 Å². The van der Waals surface area contributed by atoms with Crippen molar-refractivity contribution in [2.45, 2.75) is 38.5 Å². The number of carbonyl (C=O) groups excluding carboxylic acids is 1. The lowest BCUT2D eigenvalue weighted by atomic mass is 10.1. The zero-order valence-electron chi connectivity index (χ0n) is 14.8. The van der Waals surface area contributed by atoms with Crippen LogP contribution in [0.4, 0.5) is 0 Å². The Morgan fingerprint density at radius 1 is 1.40 bits per heavy atom. The number of morpholine rings is 1. The van der Waals surface area contributed by atoms with Crippen LogP contribution in [0.2, 0.25) is 0 Å². The van der Waals surface area contributed by atoms with E-state index in [1.807, 2.05) is 24.0 Å². The summed E-state index contributed by atoms with van der Waals surface area (Å²) in [6.45, 7) is 8.08. The standard InChI is InChI=1S/C17H23N5O2S/c1-4-14-10-21(7-8-24-14)16(23)11-25-17-18-19-20-22(17)15-6-5-12(2)9-13(15)3/h5-6,9,14H,4,7-8,10-11H2,1-3H3/t14-/m1/s1. The average Bonchev–Trinajstić information content (AvgIpc) is 3.08. The molecule has 1 aromatic carbocycles. The highest BCUT2D eigenvalue weighted by molar-refractivity contribution is 7.99. The first-order valence-electron chi connectivity index (χ1n) is 8.46. The second-order valence-electron chi connectivity index (χ2n) is 6.19. The molecule has 25 heavy (non-hydrogen) atoms. The minimum atomic E-state index is 0.0990. The number of hydrogen-bond acceptors (Lipinski definition) is 6. The van der Waals surface area contributed by atoms with Crippen LogP contribution in [-0.2, 0) is 9.53 Å². The largest absolute Gasteiger partial charge is 0.375 e. The van der Waals surface area contributed by atoms with Gasteiger partial charge in [-0.25, -0.2) is 0 Å². The van der Waals surface area contributed by atoms with Crippen LogP contribution in [-0.4, -0.2) is 62.6 Å². The first-order valence-corrected chi connectivity index (χ1v) is 9.45. The molecule has 2 heterocycles. The number of tetrazole rings is 1. The molecule has 134 valence electrons. The van der Waals surface area contributed by atoms with Crippen molar-refractivity contribution in [3.05, 3.63) is 29.3 Å². The third-order valence-corrected chi connectivity index (χ3v) is 5.20. The van der Waals surface area contributed by atoms with Gasteiger partial charge in [0, 0.05) is 13.1 Å². The predicted molar refractivity (Wildman–Crippen MR) is 96.0 cm³/mol. The minimum Gasteiger partial charge on any atom is -0.375 e.